The third-order valence-corrected chi connectivity index (χ3v) is 5.83. The molecule has 4 rings (SSSR count). The Labute approximate surface area is 186 Å². The Morgan fingerprint density at radius 2 is 1.72 bits per heavy atom. The zero-order chi connectivity index (χ0) is 23.0. The van der Waals surface area contributed by atoms with Crippen molar-refractivity contribution in [2.75, 3.05) is 32.2 Å². The van der Waals surface area contributed by atoms with Gasteiger partial charge in [0.2, 0.25) is 11.8 Å². The van der Waals surface area contributed by atoms with Crippen molar-refractivity contribution in [3.63, 3.8) is 0 Å². The van der Waals surface area contributed by atoms with E-state index in [0.717, 1.165) is 24.3 Å². The molecule has 2 unspecified atom stereocenters. The summed E-state index contributed by atoms with van der Waals surface area (Å²) in [6, 6.07) is 9.66. The summed E-state index contributed by atoms with van der Waals surface area (Å²) in [7, 11) is 2.98. The fraction of sp³-hybridized carbons (Fsp3) is 0.391. The van der Waals surface area contributed by atoms with E-state index < -0.39 is 0 Å². The van der Waals surface area contributed by atoms with Gasteiger partial charge in [0.15, 0.2) is 5.65 Å². The molecule has 3 aromatic rings. The number of aromatic nitrogens is 3. The van der Waals surface area contributed by atoms with Crippen LogP contribution in [0.1, 0.15) is 20.8 Å². The van der Waals surface area contributed by atoms with Crippen LogP contribution >= 0.6 is 0 Å². The number of hydrogen-bond donors (Lipinski definition) is 1. The Kier molecular flexibility index (Phi) is 5.73. The number of H-pyrrole nitrogens is 1. The van der Waals surface area contributed by atoms with E-state index in [0.29, 0.717) is 17.5 Å². The number of nitrogens with one attached hydrogen (secondary N) is 1. The highest BCUT2D eigenvalue weighted by Crippen LogP contribution is 2.28. The molecule has 1 N–H and O–H groups in total. The molecular weight excluding hydrogens is 410 g/mol. The molecular formula is C23H27N5O4. The topological polar surface area (TPSA) is 101 Å². The smallest absolute Gasteiger partial charge is 0.264 e. The van der Waals surface area contributed by atoms with Crippen molar-refractivity contribution in [1.29, 1.82) is 0 Å². The van der Waals surface area contributed by atoms with Crippen molar-refractivity contribution in [3.05, 3.63) is 40.7 Å². The summed E-state index contributed by atoms with van der Waals surface area (Å²) in [6.45, 7) is 7.28. The zero-order valence-corrected chi connectivity index (χ0v) is 18.9. The summed E-state index contributed by atoms with van der Waals surface area (Å²) in [4.78, 5) is 40.5. The summed E-state index contributed by atoms with van der Waals surface area (Å²) >= 11 is 0. The van der Waals surface area contributed by atoms with Crippen molar-refractivity contribution in [1.82, 2.24) is 19.9 Å². The van der Waals surface area contributed by atoms with Gasteiger partial charge in [-0.3, -0.25) is 9.59 Å². The highest BCUT2D eigenvalue weighted by Gasteiger charge is 2.31. The van der Waals surface area contributed by atoms with E-state index in [4.69, 9.17) is 9.47 Å². The van der Waals surface area contributed by atoms with Crippen molar-refractivity contribution in [2.24, 2.45) is 0 Å². The normalized spacial score (nSPS) is 18.7. The minimum absolute atomic E-state index is 0.105. The van der Waals surface area contributed by atoms with Gasteiger partial charge in [0.05, 0.1) is 14.2 Å². The number of amides is 1. The number of carbonyl (C=O) groups is 1. The van der Waals surface area contributed by atoms with Crippen LogP contribution < -0.4 is 19.9 Å². The molecule has 1 aliphatic heterocycles. The fourth-order valence-electron chi connectivity index (χ4n) is 4.47. The maximum Gasteiger partial charge on any atom is 0.264 e. The Balaban J connectivity index is 1.65. The van der Waals surface area contributed by atoms with Gasteiger partial charge in [-0.2, -0.15) is 4.98 Å². The molecule has 0 saturated carbocycles. The molecule has 1 amide bonds. The van der Waals surface area contributed by atoms with Gasteiger partial charge in [0.25, 0.3) is 5.56 Å². The average molecular weight is 438 g/mol. The first-order valence-corrected chi connectivity index (χ1v) is 10.5. The molecule has 9 nitrogen and oxygen atoms in total. The number of ether oxygens (including phenoxy) is 2. The number of nitrogens with zero attached hydrogens (tertiary/aromatic N) is 4. The lowest BCUT2D eigenvalue weighted by Crippen LogP contribution is -2.58. The molecule has 32 heavy (non-hydrogen) atoms. The Morgan fingerprint density at radius 1 is 1.06 bits per heavy atom. The van der Waals surface area contributed by atoms with Crippen molar-refractivity contribution >= 4 is 22.6 Å². The first kappa shape index (κ1) is 21.6. The quantitative estimate of drug-likeness (QED) is 0.669. The van der Waals surface area contributed by atoms with Gasteiger partial charge in [-0.25, -0.2) is 4.98 Å². The second kappa shape index (κ2) is 8.49. The van der Waals surface area contributed by atoms with E-state index in [9.17, 15) is 9.59 Å². The Bertz CT molecular complexity index is 1200. The zero-order valence-electron chi connectivity index (χ0n) is 18.9. The van der Waals surface area contributed by atoms with Gasteiger partial charge < -0.3 is 24.3 Å². The van der Waals surface area contributed by atoms with Crippen LogP contribution in [-0.4, -0.2) is 65.2 Å². The summed E-state index contributed by atoms with van der Waals surface area (Å²) < 4.78 is 10.5. The van der Waals surface area contributed by atoms with E-state index in [2.05, 4.69) is 33.7 Å². The number of rotatable bonds is 4. The average Bonchev–Trinajstić information content (AvgIpc) is 2.77. The maximum absolute atomic E-state index is 12.7. The van der Waals surface area contributed by atoms with Gasteiger partial charge in [0, 0.05) is 49.4 Å². The lowest BCUT2D eigenvalue weighted by Gasteiger charge is -2.45. The van der Waals surface area contributed by atoms with Crippen LogP contribution in [0.3, 0.4) is 0 Å². The largest absolute Gasteiger partial charge is 0.496 e. The predicted molar refractivity (Wildman–Crippen MR) is 122 cm³/mol. The highest BCUT2D eigenvalue weighted by atomic mass is 16.5. The molecule has 2 atom stereocenters. The first-order valence-electron chi connectivity index (χ1n) is 10.5. The summed E-state index contributed by atoms with van der Waals surface area (Å²) in [6.07, 6.45) is 0. The molecule has 0 aliphatic carbocycles. The maximum atomic E-state index is 12.7. The number of hydrogen-bond acceptors (Lipinski definition) is 7. The molecule has 0 bridgehead atoms. The second-order valence-electron chi connectivity index (χ2n) is 8.06. The lowest BCUT2D eigenvalue weighted by molar-refractivity contribution is -0.133. The monoisotopic (exact) mass is 437 g/mol. The fourth-order valence-corrected chi connectivity index (χ4v) is 4.47. The molecule has 168 valence electrons. The minimum atomic E-state index is -0.330. The third kappa shape index (κ3) is 3.86. The van der Waals surface area contributed by atoms with Crippen LogP contribution in [0.2, 0.25) is 0 Å². The highest BCUT2D eigenvalue weighted by molar-refractivity contribution is 5.83. The third-order valence-electron chi connectivity index (χ3n) is 5.83. The number of aromatic amines is 1. The Hall–Kier alpha value is -3.62. The number of methoxy groups -OCH3 is 2. The predicted octanol–water partition coefficient (Wildman–Crippen LogP) is 2.45. The summed E-state index contributed by atoms with van der Waals surface area (Å²) in [5.41, 5.74) is 1.75. The molecule has 1 aliphatic rings. The van der Waals surface area contributed by atoms with Crippen molar-refractivity contribution in [2.45, 2.75) is 32.9 Å². The van der Waals surface area contributed by atoms with Crippen LogP contribution in [-0.2, 0) is 4.79 Å². The van der Waals surface area contributed by atoms with Crippen molar-refractivity contribution < 1.29 is 14.3 Å². The van der Waals surface area contributed by atoms with Crippen LogP contribution in [0.4, 0.5) is 5.69 Å². The van der Waals surface area contributed by atoms with E-state index in [-0.39, 0.29) is 34.6 Å². The van der Waals surface area contributed by atoms with E-state index in [1.165, 1.54) is 14.2 Å². The number of benzene rings is 1. The number of piperazine rings is 1. The second-order valence-corrected chi connectivity index (χ2v) is 8.06. The number of fused-ring (bicyclic) bond motifs is 1. The minimum Gasteiger partial charge on any atom is -0.496 e. The van der Waals surface area contributed by atoms with E-state index in [1.807, 2.05) is 29.2 Å². The molecule has 1 aromatic carbocycles. The van der Waals surface area contributed by atoms with E-state index >= 15 is 0 Å². The van der Waals surface area contributed by atoms with E-state index in [1.54, 1.807) is 13.0 Å². The molecule has 0 spiro atoms. The molecule has 1 fully saturated rings. The van der Waals surface area contributed by atoms with Gasteiger partial charge in [-0.1, -0.05) is 0 Å². The van der Waals surface area contributed by atoms with Gasteiger partial charge in [-0.15, -0.1) is 0 Å². The van der Waals surface area contributed by atoms with Crippen LogP contribution in [0.25, 0.3) is 22.4 Å². The molecule has 1 saturated heterocycles. The molecule has 0 radical (unpaired) electrons. The van der Waals surface area contributed by atoms with Crippen LogP contribution in [0.5, 0.6) is 11.6 Å². The summed E-state index contributed by atoms with van der Waals surface area (Å²) in [5, 5.41) is 0.278. The SMILES string of the molecule is COc1cc(OC)c2c(=O)[nH]c(-c3ccc(N4CC(C)N(C(C)=O)C(C)C4)cc3)nc2n1. The number of anilines is 1. The number of pyridine rings is 1. The first-order chi connectivity index (χ1) is 15.3. The lowest BCUT2D eigenvalue weighted by atomic mass is 10.1. The summed E-state index contributed by atoms with van der Waals surface area (Å²) in [5.74, 6) is 1.20. The van der Waals surface area contributed by atoms with Gasteiger partial charge in [-0.05, 0) is 38.1 Å². The molecule has 3 heterocycles. The van der Waals surface area contributed by atoms with Gasteiger partial charge >= 0.3 is 0 Å². The Morgan fingerprint density at radius 3 is 2.28 bits per heavy atom. The van der Waals surface area contributed by atoms with Crippen molar-refractivity contribution in [3.8, 4) is 23.0 Å². The number of carbonyl (C=O) groups excluding carboxylic acids is 1. The van der Waals surface area contributed by atoms with Gasteiger partial charge in [0.1, 0.15) is 17.0 Å². The molecule has 9 heteroatoms. The molecule has 2 aromatic heterocycles. The standard InChI is InChI=1S/C23H27N5O4/c1-13-11-27(12-14(2)28(13)15(3)29)17-8-6-16(7-9-17)21-25-22-20(23(30)26-21)18(31-4)10-19(24-22)32-5/h6-10,13-14H,11-12H2,1-5H3,(H,24,25,26,30). The van der Waals surface area contributed by atoms with Crippen LogP contribution in [0.15, 0.2) is 35.1 Å². The van der Waals surface area contributed by atoms with Crippen LogP contribution in [0, 0.1) is 0 Å².